The van der Waals surface area contributed by atoms with Crippen molar-refractivity contribution < 1.29 is 14.4 Å². The SMILES string of the molecule is CC(=O)Nc1ccc(NCC(=O)Nc2cccc(NC(C)=O)c2)cc1. The van der Waals surface area contributed by atoms with E-state index in [1.807, 2.05) is 0 Å². The third-order valence-electron chi connectivity index (χ3n) is 3.13. The van der Waals surface area contributed by atoms with E-state index in [-0.39, 0.29) is 24.3 Å². The molecule has 7 nitrogen and oxygen atoms in total. The van der Waals surface area contributed by atoms with Gasteiger partial charge in [0.1, 0.15) is 0 Å². The summed E-state index contributed by atoms with van der Waals surface area (Å²) in [6, 6.07) is 14.0. The van der Waals surface area contributed by atoms with Gasteiger partial charge in [0.05, 0.1) is 6.54 Å². The summed E-state index contributed by atoms with van der Waals surface area (Å²) >= 11 is 0. The number of anilines is 4. The van der Waals surface area contributed by atoms with Crippen molar-refractivity contribution in [3.8, 4) is 0 Å². The molecule has 0 fully saturated rings. The molecule has 0 aliphatic carbocycles. The predicted octanol–water partition coefficient (Wildman–Crippen LogP) is 2.65. The zero-order valence-corrected chi connectivity index (χ0v) is 14.1. The topological polar surface area (TPSA) is 99.3 Å². The monoisotopic (exact) mass is 340 g/mol. The summed E-state index contributed by atoms with van der Waals surface area (Å²) in [5, 5.41) is 11.1. The molecule has 2 rings (SSSR count). The molecule has 0 spiro atoms. The van der Waals surface area contributed by atoms with Crippen LogP contribution in [-0.4, -0.2) is 24.3 Å². The number of nitrogens with one attached hydrogen (secondary N) is 4. The van der Waals surface area contributed by atoms with Crippen molar-refractivity contribution in [2.45, 2.75) is 13.8 Å². The van der Waals surface area contributed by atoms with Gasteiger partial charge in [-0.3, -0.25) is 14.4 Å². The highest BCUT2D eigenvalue weighted by molar-refractivity contribution is 5.95. The van der Waals surface area contributed by atoms with Crippen molar-refractivity contribution in [2.75, 3.05) is 27.8 Å². The Morgan fingerprint density at radius 3 is 1.84 bits per heavy atom. The molecule has 2 aromatic carbocycles. The van der Waals surface area contributed by atoms with Crippen LogP contribution >= 0.6 is 0 Å². The maximum absolute atomic E-state index is 12.0. The molecule has 130 valence electrons. The zero-order chi connectivity index (χ0) is 18.2. The zero-order valence-electron chi connectivity index (χ0n) is 14.1. The Labute approximate surface area is 145 Å². The third-order valence-corrected chi connectivity index (χ3v) is 3.13. The average molecular weight is 340 g/mol. The molecule has 3 amide bonds. The minimum atomic E-state index is -0.217. The minimum Gasteiger partial charge on any atom is -0.376 e. The van der Waals surface area contributed by atoms with Gasteiger partial charge in [0.2, 0.25) is 17.7 Å². The van der Waals surface area contributed by atoms with Crippen molar-refractivity contribution >= 4 is 40.5 Å². The Bertz CT molecular complexity index is 772. The van der Waals surface area contributed by atoms with Gasteiger partial charge in [-0.2, -0.15) is 0 Å². The van der Waals surface area contributed by atoms with E-state index in [9.17, 15) is 14.4 Å². The fraction of sp³-hybridized carbons (Fsp3) is 0.167. The van der Waals surface area contributed by atoms with E-state index in [2.05, 4.69) is 21.3 Å². The first kappa shape index (κ1) is 18.0. The maximum atomic E-state index is 12.0. The molecular formula is C18H20N4O3. The lowest BCUT2D eigenvalue weighted by Gasteiger charge is -2.10. The molecule has 0 saturated carbocycles. The van der Waals surface area contributed by atoms with Crippen molar-refractivity contribution in [2.24, 2.45) is 0 Å². The maximum Gasteiger partial charge on any atom is 0.243 e. The van der Waals surface area contributed by atoms with E-state index in [0.717, 1.165) is 5.69 Å². The van der Waals surface area contributed by atoms with Gasteiger partial charge in [-0.1, -0.05) is 6.07 Å². The summed E-state index contributed by atoms with van der Waals surface area (Å²) in [4.78, 5) is 34.0. The molecule has 0 aromatic heterocycles. The second-order valence-electron chi connectivity index (χ2n) is 5.42. The van der Waals surface area contributed by atoms with Crippen LogP contribution in [0.3, 0.4) is 0 Å². The van der Waals surface area contributed by atoms with E-state index >= 15 is 0 Å². The first-order chi connectivity index (χ1) is 11.9. The number of hydrogen-bond donors (Lipinski definition) is 4. The molecule has 4 N–H and O–H groups in total. The number of hydrogen-bond acceptors (Lipinski definition) is 4. The van der Waals surface area contributed by atoms with Crippen LogP contribution in [0.25, 0.3) is 0 Å². The highest BCUT2D eigenvalue weighted by Crippen LogP contribution is 2.16. The lowest BCUT2D eigenvalue weighted by Crippen LogP contribution is -2.21. The summed E-state index contributed by atoms with van der Waals surface area (Å²) in [5.41, 5.74) is 2.67. The van der Waals surface area contributed by atoms with Gasteiger partial charge in [0.25, 0.3) is 0 Å². The Morgan fingerprint density at radius 1 is 0.720 bits per heavy atom. The first-order valence-electron chi connectivity index (χ1n) is 7.71. The van der Waals surface area contributed by atoms with E-state index in [1.54, 1.807) is 48.5 Å². The Kier molecular flexibility index (Phi) is 6.11. The van der Waals surface area contributed by atoms with Gasteiger partial charge in [-0.25, -0.2) is 0 Å². The summed E-state index contributed by atoms with van der Waals surface area (Å²) in [6.45, 7) is 2.95. The molecular weight excluding hydrogens is 320 g/mol. The third kappa shape index (κ3) is 6.34. The number of amides is 3. The Hall–Kier alpha value is -3.35. The predicted molar refractivity (Wildman–Crippen MR) is 98.6 cm³/mol. The highest BCUT2D eigenvalue weighted by Gasteiger charge is 2.04. The largest absolute Gasteiger partial charge is 0.376 e. The summed E-state index contributed by atoms with van der Waals surface area (Å²) < 4.78 is 0. The van der Waals surface area contributed by atoms with Crippen LogP contribution in [0, 0.1) is 0 Å². The Morgan fingerprint density at radius 2 is 1.24 bits per heavy atom. The van der Waals surface area contributed by atoms with E-state index in [1.165, 1.54) is 13.8 Å². The number of carbonyl (C=O) groups excluding carboxylic acids is 3. The number of rotatable bonds is 6. The quantitative estimate of drug-likeness (QED) is 0.649. The van der Waals surface area contributed by atoms with E-state index < -0.39 is 0 Å². The minimum absolute atomic E-state index is 0.0872. The lowest BCUT2D eigenvalue weighted by molar-refractivity contribution is -0.115. The smallest absolute Gasteiger partial charge is 0.243 e. The average Bonchev–Trinajstić information content (AvgIpc) is 2.53. The molecule has 2 aromatic rings. The number of benzene rings is 2. The Balaban J connectivity index is 1.86. The lowest BCUT2D eigenvalue weighted by atomic mass is 10.2. The van der Waals surface area contributed by atoms with Gasteiger partial charge in [0, 0.05) is 36.6 Å². The van der Waals surface area contributed by atoms with E-state index in [0.29, 0.717) is 17.1 Å². The molecule has 0 unspecified atom stereocenters. The second-order valence-corrected chi connectivity index (χ2v) is 5.42. The van der Waals surface area contributed by atoms with Crippen molar-refractivity contribution in [1.29, 1.82) is 0 Å². The van der Waals surface area contributed by atoms with Crippen LogP contribution in [0.5, 0.6) is 0 Å². The first-order valence-corrected chi connectivity index (χ1v) is 7.71. The van der Waals surface area contributed by atoms with Gasteiger partial charge < -0.3 is 21.3 Å². The highest BCUT2D eigenvalue weighted by atomic mass is 16.2. The molecule has 0 saturated heterocycles. The molecule has 0 heterocycles. The van der Waals surface area contributed by atoms with Gasteiger partial charge in [0.15, 0.2) is 0 Å². The van der Waals surface area contributed by atoms with Crippen molar-refractivity contribution in [3.63, 3.8) is 0 Å². The van der Waals surface area contributed by atoms with Crippen molar-refractivity contribution in [3.05, 3.63) is 48.5 Å². The van der Waals surface area contributed by atoms with E-state index in [4.69, 9.17) is 0 Å². The second kappa shape index (κ2) is 8.49. The van der Waals surface area contributed by atoms with Crippen LogP contribution in [0.2, 0.25) is 0 Å². The van der Waals surface area contributed by atoms with Crippen LogP contribution in [0.1, 0.15) is 13.8 Å². The molecule has 0 atom stereocenters. The number of carbonyl (C=O) groups is 3. The van der Waals surface area contributed by atoms with Crippen molar-refractivity contribution in [1.82, 2.24) is 0 Å². The van der Waals surface area contributed by atoms with Crippen LogP contribution in [-0.2, 0) is 14.4 Å². The molecule has 0 aliphatic heterocycles. The van der Waals surface area contributed by atoms with Gasteiger partial charge in [-0.15, -0.1) is 0 Å². The molecule has 0 radical (unpaired) electrons. The van der Waals surface area contributed by atoms with Crippen LogP contribution in [0.15, 0.2) is 48.5 Å². The molecule has 7 heteroatoms. The molecule has 0 bridgehead atoms. The summed E-state index contributed by atoms with van der Waals surface area (Å²) in [7, 11) is 0. The summed E-state index contributed by atoms with van der Waals surface area (Å²) in [6.07, 6.45) is 0. The molecule has 25 heavy (non-hydrogen) atoms. The fourth-order valence-corrected chi connectivity index (χ4v) is 2.14. The van der Waals surface area contributed by atoms with Gasteiger partial charge >= 0.3 is 0 Å². The summed E-state index contributed by atoms with van der Waals surface area (Å²) in [5.74, 6) is -0.527. The fourth-order valence-electron chi connectivity index (χ4n) is 2.14. The van der Waals surface area contributed by atoms with Crippen LogP contribution in [0.4, 0.5) is 22.7 Å². The normalized spacial score (nSPS) is 9.84. The standard InChI is InChI=1S/C18H20N4O3/c1-12(23)20-15-8-6-14(7-9-15)19-11-18(25)22-17-5-3-4-16(10-17)21-13(2)24/h3-10,19H,11H2,1-2H3,(H,20,23)(H,21,24)(H,22,25). The van der Waals surface area contributed by atoms with Crippen LogP contribution < -0.4 is 21.3 Å². The van der Waals surface area contributed by atoms with Gasteiger partial charge in [-0.05, 0) is 42.5 Å². The molecule has 0 aliphatic rings.